The maximum Gasteiger partial charge on any atom is 0.258 e. The normalized spacial score (nSPS) is 20.7. The number of carbonyl (C=O) groups excluding carboxylic acids is 5. The van der Waals surface area contributed by atoms with Gasteiger partial charge in [-0.1, -0.05) is 19.1 Å². The smallest absolute Gasteiger partial charge is 0.258 e. The monoisotopic (exact) mass is 868 g/mol. The third-order valence-corrected chi connectivity index (χ3v) is 13.6. The highest BCUT2D eigenvalue weighted by atomic mass is 16.5. The van der Waals surface area contributed by atoms with Gasteiger partial charge >= 0.3 is 0 Å². The first-order chi connectivity index (χ1) is 30.7. The number of aromatic nitrogens is 5. The number of imidazole rings is 1. The Labute approximate surface area is 372 Å². The summed E-state index contributed by atoms with van der Waals surface area (Å²) in [5, 5.41) is 9.89. The molecule has 334 valence electrons. The number of imide groups is 1. The van der Waals surface area contributed by atoms with Crippen molar-refractivity contribution in [3.8, 4) is 17.1 Å². The number of likely N-dealkylation sites (tertiary alicyclic amines) is 1. The molecule has 3 aromatic heterocycles. The number of piperidine rings is 2. The third kappa shape index (κ3) is 7.92. The number of rotatable bonds is 6. The third-order valence-electron chi connectivity index (χ3n) is 13.6. The zero-order chi connectivity index (χ0) is 45.0. The van der Waals surface area contributed by atoms with Crippen LogP contribution in [0.2, 0.25) is 0 Å². The number of nitrogens with one attached hydrogen (secondary N) is 2. The van der Waals surface area contributed by atoms with Gasteiger partial charge in [0.15, 0.2) is 0 Å². The number of fused-ring (bicyclic) bond motifs is 8. The molecule has 2 saturated heterocycles. The number of benzene rings is 2. The lowest BCUT2D eigenvalue weighted by Gasteiger charge is -2.37. The van der Waals surface area contributed by atoms with Crippen molar-refractivity contribution in [1.29, 1.82) is 0 Å². The van der Waals surface area contributed by atoms with Crippen molar-refractivity contribution in [2.45, 2.75) is 96.7 Å². The lowest BCUT2D eigenvalue weighted by molar-refractivity contribution is -0.136. The Morgan fingerprint density at radius 3 is 2.56 bits per heavy atom. The molecule has 2 N–H and O–H groups in total. The topological polar surface area (TPSA) is 177 Å². The lowest BCUT2D eigenvalue weighted by Crippen LogP contribution is -2.55. The van der Waals surface area contributed by atoms with Gasteiger partial charge in [-0.2, -0.15) is 5.10 Å². The van der Waals surface area contributed by atoms with Crippen LogP contribution in [0.1, 0.15) is 96.8 Å². The number of hydrogen-bond donors (Lipinski definition) is 2. The van der Waals surface area contributed by atoms with E-state index in [4.69, 9.17) is 14.7 Å². The second-order valence-electron chi connectivity index (χ2n) is 18.5. The summed E-state index contributed by atoms with van der Waals surface area (Å²) in [6.45, 7) is 11.4. The van der Waals surface area contributed by atoms with Crippen LogP contribution in [0, 0.1) is 12.8 Å². The molecule has 4 aliphatic rings. The summed E-state index contributed by atoms with van der Waals surface area (Å²) in [5.74, 6) is -0.0104. The molecule has 16 nitrogen and oxygen atoms in total. The van der Waals surface area contributed by atoms with Crippen LogP contribution >= 0.6 is 0 Å². The molecule has 16 heteroatoms. The largest absolute Gasteiger partial charge is 0.477 e. The van der Waals surface area contributed by atoms with Crippen LogP contribution in [0.15, 0.2) is 54.7 Å². The first-order valence-electron chi connectivity index (χ1n) is 22.4. The molecule has 0 saturated carbocycles. The second-order valence-corrected chi connectivity index (χ2v) is 18.5. The van der Waals surface area contributed by atoms with Crippen molar-refractivity contribution in [2.24, 2.45) is 13.0 Å². The highest BCUT2D eigenvalue weighted by Gasteiger charge is 2.50. The summed E-state index contributed by atoms with van der Waals surface area (Å²) in [6, 6.07) is 14.4. The molecule has 2 fully saturated rings. The predicted octanol–water partition coefficient (Wildman–Crippen LogP) is 5.41. The molecule has 2 atom stereocenters. The van der Waals surface area contributed by atoms with Gasteiger partial charge < -0.3 is 19.1 Å². The SMILES string of the molecule is Cc1cc2cc(n1)-c1cnn(C)c1OCCC[C@@H](C)Cn1c(nc3ccc(C(=O)N(C)C4CCN(CCc5cccc6c5C(C)(C)C(=O)N6C5CCC(=O)NC5=O)CC4)cc31)NC2=O. The van der Waals surface area contributed by atoms with Crippen LogP contribution in [0.5, 0.6) is 5.88 Å². The lowest BCUT2D eigenvalue weighted by atomic mass is 9.82. The first-order valence-corrected chi connectivity index (χ1v) is 22.4. The maximum atomic E-state index is 14.2. The molecule has 0 aliphatic carbocycles. The minimum absolute atomic E-state index is 0.0549. The molecule has 2 bridgehead atoms. The number of amides is 5. The Morgan fingerprint density at radius 2 is 1.78 bits per heavy atom. The molecule has 5 aromatic rings. The van der Waals surface area contributed by atoms with Crippen LogP contribution in [0.4, 0.5) is 11.6 Å². The minimum atomic E-state index is -0.811. The van der Waals surface area contributed by atoms with Crippen LogP contribution in [-0.4, -0.2) is 109 Å². The van der Waals surface area contributed by atoms with Crippen molar-refractivity contribution < 1.29 is 28.7 Å². The number of carbonyl (C=O) groups is 5. The second kappa shape index (κ2) is 16.9. The molecule has 9 rings (SSSR count). The fraction of sp³-hybridized carbons (Fsp3) is 0.458. The number of aryl methyl sites for hydroxylation is 2. The van der Waals surface area contributed by atoms with Crippen molar-refractivity contribution in [1.82, 2.24) is 39.4 Å². The summed E-state index contributed by atoms with van der Waals surface area (Å²) in [7, 11) is 3.71. The van der Waals surface area contributed by atoms with Gasteiger partial charge in [0.25, 0.3) is 11.8 Å². The standard InChI is InChI=1S/C48H56N10O6/c1-28-9-8-22-64-45-34(26-49-55(45)6)36-24-32(23-29(2)50-36)42(60)53-47-51-35-13-12-31(25-39(35)57(47)27-28)44(62)54(5)33-17-20-56(21-18-33)19-16-30-10-7-11-37-41(30)48(3,4)46(63)58(37)38-14-15-40(59)52-43(38)61/h7,10-13,23-26,28,33,38H,8-9,14-22,27H2,1-6H3,(H,51,53,60)(H,52,59,61)/t28-,38?/m1/s1. The number of hydrogen-bond acceptors (Lipinski definition) is 10. The van der Waals surface area contributed by atoms with E-state index in [1.807, 2.05) is 74.7 Å². The van der Waals surface area contributed by atoms with Gasteiger partial charge in [-0.3, -0.25) is 44.5 Å². The quantitative estimate of drug-likeness (QED) is 0.210. The Kier molecular flexibility index (Phi) is 11.3. The fourth-order valence-electron chi connectivity index (χ4n) is 10.1. The van der Waals surface area contributed by atoms with Gasteiger partial charge in [-0.05, 0) is 113 Å². The summed E-state index contributed by atoms with van der Waals surface area (Å²) >= 11 is 0. The van der Waals surface area contributed by atoms with Crippen molar-refractivity contribution in [3.05, 3.63) is 82.7 Å². The molecule has 4 aliphatic heterocycles. The van der Waals surface area contributed by atoms with Gasteiger partial charge in [0.2, 0.25) is 29.5 Å². The zero-order valence-electron chi connectivity index (χ0n) is 37.4. The van der Waals surface area contributed by atoms with Gasteiger partial charge in [0.1, 0.15) is 6.04 Å². The van der Waals surface area contributed by atoms with E-state index in [0.717, 1.165) is 79.6 Å². The molecule has 0 radical (unpaired) electrons. The summed E-state index contributed by atoms with van der Waals surface area (Å²) < 4.78 is 9.95. The molecular formula is C48H56N10O6. The summed E-state index contributed by atoms with van der Waals surface area (Å²) in [6.07, 6.45) is 6.26. The highest BCUT2D eigenvalue weighted by molar-refractivity contribution is 6.14. The Bertz CT molecular complexity index is 2690. The maximum absolute atomic E-state index is 14.2. The first kappa shape index (κ1) is 42.9. The Morgan fingerprint density at radius 1 is 0.984 bits per heavy atom. The predicted molar refractivity (Wildman–Crippen MR) is 241 cm³/mol. The average Bonchev–Trinajstić information content (AvgIpc) is 3.88. The van der Waals surface area contributed by atoms with Gasteiger partial charge in [-0.25, -0.2) is 9.67 Å². The minimum Gasteiger partial charge on any atom is -0.477 e. The molecule has 7 heterocycles. The van der Waals surface area contributed by atoms with Crippen LogP contribution in [-0.2, 0) is 39.8 Å². The van der Waals surface area contributed by atoms with Crippen LogP contribution in [0.25, 0.3) is 22.3 Å². The van der Waals surface area contributed by atoms with Crippen LogP contribution < -0.4 is 20.3 Å². The fourth-order valence-corrected chi connectivity index (χ4v) is 10.1. The molecular weight excluding hydrogens is 813 g/mol. The van der Waals surface area contributed by atoms with Crippen molar-refractivity contribution >= 4 is 52.2 Å². The van der Waals surface area contributed by atoms with E-state index in [9.17, 15) is 24.0 Å². The van der Waals surface area contributed by atoms with Gasteiger partial charge in [-0.15, -0.1) is 0 Å². The molecule has 0 spiro atoms. The van der Waals surface area contributed by atoms with E-state index in [2.05, 4.69) is 33.6 Å². The number of ether oxygens (including phenoxy) is 1. The summed E-state index contributed by atoms with van der Waals surface area (Å²) in [4.78, 5) is 82.1. The Balaban J connectivity index is 0.882. The number of pyridine rings is 1. The number of nitrogens with zero attached hydrogens (tertiary/aromatic N) is 8. The van der Waals surface area contributed by atoms with E-state index >= 15 is 0 Å². The van der Waals surface area contributed by atoms with Crippen molar-refractivity contribution in [2.75, 3.05) is 43.5 Å². The zero-order valence-corrected chi connectivity index (χ0v) is 37.4. The summed E-state index contributed by atoms with van der Waals surface area (Å²) in [5.41, 5.74) is 6.43. The molecule has 1 unspecified atom stereocenters. The van der Waals surface area contributed by atoms with E-state index < -0.39 is 17.4 Å². The van der Waals surface area contributed by atoms with E-state index in [1.54, 1.807) is 27.9 Å². The highest BCUT2D eigenvalue weighted by Crippen LogP contribution is 2.45. The van der Waals surface area contributed by atoms with E-state index in [1.165, 1.54) is 0 Å². The van der Waals surface area contributed by atoms with Gasteiger partial charge in [0, 0.05) is 75.2 Å². The van der Waals surface area contributed by atoms with E-state index in [0.29, 0.717) is 59.4 Å². The average molecular weight is 869 g/mol. The van der Waals surface area contributed by atoms with Crippen LogP contribution in [0.3, 0.4) is 0 Å². The molecule has 5 amide bonds. The number of anilines is 2. The van der Waals surface area contributed by atoms with Crippen molar-refractivity contribution in [3.63, 3.8) is 0 Å². The van der Waals surface area contributed by atoms with Gasteiger partial charge in [0.05, 0.1) is 40.5 Å². The Hall–Kier alpha value is -6.42. The molecule has 2 aromatic carbocycles. The van der Waals surface area contributed by atoms with E-state index in [-0.39, 0.29) is 42.0 Å². The molecule has 64 heavy (non-hydrogen) atoms.